The van der Waals surface area contributed by atoms with E-state index in [0.717, 1.165) is 25.6 Å². The van der Waals surface area contributed by atoms with E-state index in [2.05, 4.69) is 46.3 Å². The van der Waals surface area contributed by atoms with Gasteiger partial charge in [-0.2, -0.15) is 5.10 Å². The third-order valence-electron chi connectivity index (χ3n) is 3.78. The molecule has 0 saturated carbocycles. The van der Waals surface area contributed by atoms with Crippen molar-refractivity contribution in [3.8, 4) is 11.1 Å². The van der Waals surface area contributed by atoms with E-state index in [-0.39, 0.29) is 0 Å². The molecule has 1 N–H and O–H groups in total. The quantitative estimate of drug-likeness (QED) is 0.894. The van der Waals surface area contributed by atoms with Gasteiger partial charge in [0, 0.05) is 17.8 Å². The van der Waals surface area contributed by atoms with Gasteiger partial charge in [-0.05, 0) is 37.9 Å². The smallest absolute Gasteiger partial charge is 0.0571 e. The first-order chi connectivity index (χ1) is 8.84. The Bertz CT molecular complexity index is 510. The van der Waals surface area contributed by atoms with Crippen molar-refractivity contribution in [2.45, 2.75) is 19.9 Å². The molecule has 0 amide bonds. The molecular weight excluding hydrogens is 222 g/mol. The fraction of sp³-hybridized carbons (Fsp3) is 0.400. The van der Waals surface area contributed by atoms with E-state index in [0.29, 0.717) is 0 Å². The molecule has 1 atom stereocenters. The maximum absolute atomic E-state index is 4.54. The summed E-state index contributed by atoms with van der Waals surface area (Å²) < 4.78 is 2.15. The van der Waals surface area contributed by atoms with Gasteiger partial charge in [-0.25, -0.2) is 0 Å². The van der Waals surface area contributed by atoms with Gasteiger partial charge in [-0.3, -0.25) is 4.68 Å². The molecule has 2 heterocycles. The molecule has 1 aromatic heterocycles. The number of aromatic nitrogens is 2. The van der Waals surface area contributed by atoms with E-state index in [1.165, 1.54) is 23.2 Å². The normalized spacial score (nSPS) is 19.3. The van der Waals surface area contributed by atoms with Crippen LogP contribution in [-0.4, -0.2) is 22.9 Å². The molecule has 1 fully saturated rings. The lowest BCUT2D eigenvalue weighted by molar-refractivity contribution is 0.443. The van der Waals surface area contributed by atoms with Crippen molar-refractivity contribution < 1.29 is 0 Å². The average Bonchev–Trinajstić information content (AvgIpc) is 3.03. The fourth-order valence-electron chi connectivity index (χ4n) is 2.65. The molecule has 0 bridgehead atoms. The molecule has 1 unspecified atom stereocenters. The van der Waals surface area contributed by atoms with Crippen molar-refractivity contribution >= 4 is 0 Å². The highest BCUT2D eigenvalue weighted by Crippen LogP contribution is 2.23. The summed E-state index contributed by atoms with van der Waals surface area (Å²) in [5, 5.41) is 7.95. The highest BCUT2D eigenvalue weighted by Gasteiger charge is 2.17. The standard InChI is InChI=1S/C15H19N3/c1-12-15(14-5-3-2-4-6-14)10-17-18(12)11-13-7-8-16-9-13/h2-6,10,13,16H,7-9,11H2,1H3. The summed E-state index contributed by atoms with van der Waals surface area (Å²) >= 11 is 0. The zero-order chi connectivity index (χ0) is 12.4. The minimum Gasteiger partial charge on any atom is -0.316 e. The average molecular weight is 241 g/mol. The van der Waals surface area contributed by atoms with E-state index in [1.807, 2.05) is 12.3 Å². The minimum atomic E-state index is 0.729. The van der Waals surface area contributed by atoms with Crippen LogP contribution in [0.3, 0.4) is 0 Å². The first-order valence-electron chi connectivity index (χ1n) is 6.63. The molecule has 18 heavy (non-hydrogen) atoms. The van der Waals surface area contributed by atoms with Crippen molar-refractivity contribution in [3.63, 3.8) is 0 Å². The zero-order valence-electron chi connectivity index (χ0n) is 10.8. The Labute approximate surface area is 108 Å². The molecular formula is C15H19N3. The molecule has 0 spiro atoms. The first-order valence-corrected chi connectivity index (χ1v) is 6.63. The summed E-state index contributed by atoms with van der Waals surface area (Å²) in [7, 11) is 0. The Balaban J connectivity index is 1.83. The third kappa shape index (κ3) is 2.18. The van der Waals surface area contributed by atoms with Crippen LogP contribution >= 0.6 is 0 Å². The summed E-state index contributed by atoms with van der Waals surface area (Å²) in [6, 6.07) is 10.5. The van der Waals surface area contributed by atoms with Crippen LogP contribution in [-0.2, 0) is 6.54 Å². The summed E-state index contributed by atoms with van der Waals surface area (Å²) in [4.78, 5) is 0. The summed E-state index contributed by atoms with van der Waals surface area (Å²) in [6.07, 6.45) is 3.26. The SMILES string of the molecule is Cc1c(-c2ccccc2)cnn1CC1CCNC1. The lowest BCUT2D eigenvalue weighted by Gasteiger charge is -2.10. The van der Waals surface area contributed by atoms with Crippen LogP contribution in [0, 0.1) is 12.8 Å². The monoisotopic (exact) mass is 241 g/mol. The molecule has 3 heteroatoms. The van der Waals surface area contributed by atoms with Gasteiger partial charge in [-0.1, -0.05) is 30.3 Å². The zero-order valence-corrected chi connectivity index (χ0v) is 10.8. The second-order valence-corrected chi connectivity index (χ2v) is 5.05. The Kier molecular flexibility index (Phi) is 3.15. The third-order valence-corrected chi connectivity index (χ3v) is 3.78. The van der Waals surface area contributed by atoms with Gasteiger partial charge in [-0.15, -0.1) is 0 Å². The van der Waals surface area contributed by atoms with E-state index in [1.54, 1.807) is 0 Å². The van der Waals surface area contributed by atoms with Crippen LogP contribution in [0.25, 0.3) is 11.1 Å². The van der Waals surface area contributed by atoms with Crippen molar-refractivity contribution in [1.82, 2.24) is 15.1 Å². The van der Waals surface area contributed by atoms with Gasteiger partial charge in [0.1, 0.15) is 0 Å². The molecule has 1 saturated heterocycles. The van der Waals surface area contributed by atoms with E-state index < -0.39 is 0 Å². The highest BCUT2D eigenvalue weighted by atomic mass is 15.3. The number of benzene rings is 1. The lowest BCUT2D eigenvalue weighted by Crippen LogP contribution is -2.16. The van der Waals surface area contributed by atoms with Crippen molar-refractivity contribution in [1.29, 1.82) is 0 Å². The molecule has 1 aliphatic rings. The van der Waals surface area contributed by atoms with Gasteiger partial charge >= 0.3 is 0 Å². The Morgan fingerprint density at radius 3 is 2.89 bits per heavy atom. The number of nitrogens with zero attached hydrogens (tertiary/aromatic N) is 2. The van der Waals surface area contributed by atoms with Crippen LogP contribution < -0.4 is 5.32 Å². The lowest BCUT2D eigenvalue weighted by atomic mass is 10.1. The molecule has 2 aromatic rings. The maximum Gasteiger partial charge on any atom is 0.0571 e. The Morgan fingerprint density at radius 1 is 1.33 bits per heavy atom. The number of nitrogens with one attached hydrogen (secondary N) is 1. The molecule has 0 aliphatic carbocycles. The summed E-state index contributed by atoms with van der Waals surface area (Å²) in [5.74, 6) is 0.729. The van der Waals surface area contributed by atoms with Gasteiger partial charge in [0.15, 0.2) is 0 Å². The van der Waals surface area contributed by atoms with Crippen LogP contribution in [0.1, 0.15) is 12.1 Å². The van der Waals surface area contributed by atoms with Gasteiger partial charge in [0.05, 0.1) is 6.20 Å². The van der Waals surface area contributed by atoms with Crippen LogP contribution in [0.4, 0.5) is 0 Å². The number of hydrogen-bond acceptors (Lipinski definition) is 2. The van der Waals surface area contributed by atoms with Gasteiger partial charge in [0.2, 0.25) is 0 Å². The number of hydrogen-bond donors (Lipinski definition) is 1. The van der Waals surface area contributed by atoms with Crippen molar-refractivity contribution in [2.24, 2.45) is 5.92 Å². The largest absolute Gasteiger partial charge is 0.316 e. The predicted octanol–water partition coefficient (Wildman–Crippen LogP) is 2.47. The summed E-state index contributed by atoms with van der Waals surface area (Å²) in [6.45, 7) is 5.47. The molecule has 1 aliphatic heterocycles. The molecule has 94 valence electrons. The van der Waals surface area contributed by atoms with Crippen molar-refractivity contribution in [2.75, 3.05) is 13.1 Å². The molecule has 3 nitrogen and oxygen atoms in total. The second-order valence-electron chi connectivity index (χ2n) is 5.05. The Hall–Kier alpha value is -1.61. The van der Waals surface area contributed by atoms with E-state index in [4.69, 9.17) is 0 Å². The molecule has 0 radical (unpaired) electrons. The fourth-order valence-corrected chi connectivity index (χ4v) is 2.65. The van der Waals surface area contributed by atoms with Gasteiger partial charge < -0.3 is 5.32 Å². The summed E-state index contributed by atoms with van der Waals surface area (Å²) in [5.41, 5.74) is 3.78. The van der Waals surface area contributed by atoms with Crippen molar-refractivity contribution in [3.05, 3.63) is 42.2 Å². The number of rotatable bonds is 3. The predicted molar refractivity (Wildman–Crippen MR) is 73.4 cm³/mol. The van der Waals surface area contributed by atoms with Gasteiger partial charge in [0.25, 0.3) is 0 Å². The molecule has 3 rings (SSSR count). The van der Waals surface area contributed by atoms with E-state index in [9.17, 15) is 0 Å². The minimum absolute atomic E-state index is 0.729. The van der Waals surface area contributed by atoms with Crippen LogP contribution in [0.15, 0.2) is 36.5 Å². The van der Waals surface area contributed by atoms with Crippen LogP contribution in [0.5, 0.6) is 0 Å². The first kappa shape index (κ1) is 11.5. The topological polar surface area (TPSA) is 29.9 Å². The Morgan fingerprint density at radius 2 is 2.17 bits per heavy atom. The van der Waals surface area contributed by atoms with E-state index >= 15 is 0 Å². The molecule has 1 aromatic carbocycles. The maximum atomic E-state index is 4.54. The second kappa shape index (κ2) is 4.94. The van der Waals surface area contributed by atoms with Crippen LogP contribution in [0.2, 0.25) is 0 Å². The highest BCUT2D eigenvalue weighted by molar-refractivity contribution is 5.64.